The molecule has 1 aliphatic rings. The first-order valence-electron chi connectivity index (χ1n) is 10.5. The van der Waals surface area contributed by atoms with Crippen LogP contribution < -0.4 is 11.2 Å². The second-order valence-electron chi connectivity index (χ2n) is 7.75. The number of hydrogen-bond acceptors (Lipinski definition) is 6. The van der Waals surface area contributed by atoms with Crippen molar-refractivity contribution in [1.82, 2.24) is 9.55 Å². The summed E-state index contributed by atoms with van der Waals surface area (Å²) in [5, 5.41) is 0. The predicted octanol–water partition coefficient (Wildman–Crippen LogP) is 3.19. The van der Waals surface area contributed by atoms with E-state index in [1.165, 1.54) is 17.0 Å². The first-order valence-corrected chi connectivity index (χ1v) is 10.5. The van der Waals surface area contributed by atoms with Gasteiger partial charge in [-0.2, -0.15) is 0 Å². The number of aromatic amines is 1. The molecular formula is C25H24N2O6. The fourth-order valence-electron chi connectivity index (χ4n) is 3.77. The molecule has 170 valence electrons. The molecule has 0 amide bonds. The van der Waals surface area contributed by atoms with Crippen LogP contribution >= 0.6 is 0 Å². The van der Waals surface area contributed by atoms with Crippen LogP contribution in [0.3, 0.4) is 0 Å². The van der Waals surface area contributed by atoms with E-state index in [1.54, 1.807) is 19.1 Å². The Morgan fingerprint density at radius 1 is 1.15 bits per heavy atom. The van der Waals surface area contributed by atoms with Gasteiger partial charge in [0.05, 0.1) is 17.9 Å². The Kier molecular flexibility index (Phi) is 6.55. The third kappa shape index (κ3) is 4.96. The third-order valence-corrected chi connectivity index (χ3v) is 5.46. The number of rotatable bonds is 7. The Labute approximate surface area is 190 Å². The lowest BCUT2D eigenvalue weighted by molar-refractivity contribution is -0.0594. The number of aryl methyl sites for hydroxylation is 1. The van der Waals surface area contributed by atoms with E-state index >= 15 is 0 Å². The van der Waals surface area contributed by atoms with E-state index in [0.29, 0.717) is 17.5 Å². The summed E-state index contributed by atoms with van der Waals surface area (Å²) >= 11 is 0. The zero-order chi connectivity index (χ0) is 23.4. The zero-order valence-electron chi connectivity index (χ0n) is 18.1. The number of nitrogens with zero attached hydrogens (tertiary/aromatic N) is 1. The van der Waals surface area contributed by atoms with E-state index in [9.17, 15) is 14.4 Å². The normalized spacial score (nSPS) is 19.7. The second-order valence-corrected chi connectivity index (χ2v) is 7.75. The Bertz CT molecular complexity index is 1250. The highest BCUT2D eigenvalue weighted by atomic mass is 16.6. The van der Waals surface area contributed by atoms with E-state index < -0.39 is 35.7 Å². The highest BCUT2D eigenvalue weighted by Crippen LogP contribution is 2.31. The smallest absolute Gasteiger partial charge is 0.338 e. The Morgan fingerprint density at radius 2 is 1.85 bits per heavy atom. The topological polar surface area (TPSA) is 99.6 Å². The van der Waals surface area contributed by atoms with Crippen LogP contribution in [0.15, 0.2) is 83.2 Å². The van der Waals surface area contributed by atoms with Crippen LogP contribution in [-0.2, 0) is 14.2 Å². The SMILES string of the molecule is C=CO[C@@H]1CC(COC(=O)c2ccc(-c3ccccc3)cc2)OC1n1cc(C)c(=O)[nH]c1=O. The van der Waals surface area contributed by atoms with Gasteiger partial charge >= 0.3 is 11.7 Å². The molecule has 2 aromatic carbocycles. The van der Waals surface area contributed by atoms with Gasteiger partial charge in [-0.05, 0) is 30.2 Å². The highest BCUT2D eigenvalue weighted by molar-refractivity contribution is 5.90. The van der Waals surface area contributed by atoms with Crippen molar-refractivity contribution in [3.05, 3.63) is 106 Å². The molecule has 33 heavy (non-hydrogen) atoms. The van der Waals surface area contributed by atoms with Gasteiger partial charge in [0.1, 0.15) is 12.7 Å². The highest BCUT2D eigenvalue weighted by Gasteiger charge is 2.39. The van der Waals surface area contributed by atoms with Gasteiger partial charge in [0.2, 0.25) is 0 Å². The van der Waals surface area contributed by atoms with Crippen molar-refractivity contribution in [2.75, 3.05) is 6.61 Å². The minimum absolute atomic E-state index is 0.0101. The molecule has 1 N–H and O–H groups in total. The van der Waals surface area contributed by atoms with Crippen molar-refractivity contribution in [3.63, 3.8) is 0 Å². The predicted molar refractivity (Wildman–Crippen MR) is 122 cm³/mol. The quantitative estimate of drug-likeness (QED) is 0.440. The number of benzene rings is 2. The molecular weight excluding hydrogens is 424 g/mol. The Balaban J connectivity index is 1.41. The molecule has 3 atom stereocenters. The largest absolute Gasteiger partial charge is 0.494 e. The number of nitrogens with one attached hydrogen (secondary N) is 1. The Morgan fingerprint density at radius 3 is 2.55 bits per heavy atom. The molecule has 1 aliphatic heterocycles. The van der Waals surface area contributed by atoms with Gasteiger partial charge in [-0.1, -0.05) is 49.0 Å². The fourth-order valence-corrected chi connectivity index (χ4v) is 3.77. The summed E-state index contributed by atoms with van der Waals surface area (Å²) in [6.45, 7) is 5.15. The van der Waals surface area contributed by atoms with Gasteiger partial charge in [0, 0.05) is 18.2 Å². The minimum atomic E-state index is -0.792. The van der Waals surface area contributed by atoms with Crippen molar-refractivity contribution < 1.29 is 19.0 Å². The third-order valence-electron chi connectivity index (χ3n) is 5.46. The first-order chi connectivity index (χ1) is 16.0. The number of carbonyl (C=O) groups excluding carboxylic acids is 1. The van der Waals surface area contributed by atoms with Crippen LogP contribution in [0.2, 0.25) is 0 Å². The maximum absolute atomic E-state index is 12.5. The number of esters is 1. The molecule has 0 saturated carbocycles. The summed E-state index contributed by atoms with van der Waals surface area (Å²) in [6, 6.07) is 17.0. The molecule has 0 bridgehead atoms. The van der Waals surface area contributed by atoms with E-state index in [4.69, 9.17) is 14.2 Å². The van der Waals surface area contributed by atoms with Crippen molar-refractivity contribution in [2.24, 2.45) is 0 Å². The monoisotopic (exact) mass is 448 g/mol. The van der Waals surface area contributed by atoms with Crippen LogP contribution in [-0.4, -0.2) is 34.3 Å². The van der Waals surface area contributed by atoms with Crippen LogP contribution in [0.5, 0.6) is 0 Å². The molecule has 0 spiro atoms. The summed E-state index contributed by atoms with van der Waals surface area (Å²) in [5.41, 5.74) is 1.78. The van der Waals surface area contributed by atoms with Crippen molar-refractivity contribution in [3.8, 4) is 11.1 Å². The number of H-pyrrole nitrogens is 1. The molecule has 0 radical (unpaired) electrons. The summed E-state index contributed by atoms with van der Waals surface area (Å²) in [6.07, 6.45) is 1.26. The molecule has 2 heterocycles. The molecule has 3 aromatic rings. The molecule has 2 unspecified atom stereocenters. The average Bonchev–Trinajstić information content (AvgIpc) is 3.23. The van der Waals surface area contributed by atoms with Crippen LogP contribution in [0.25, 0.3) is 11.1 Å². The summed E-state index contributed by atoms with van der Waals surface area (Å²) in [7, 11) is 0. The number of ether oxygens (including phenoxy) is 3. The molecule has 1 saturated heterocycles. The molecule has 8 heteroatoms. The van der Waals surface area contributed by atoms with Gasteiger partial charge in [-0.15, -0.1) is 0 Å². The number of hydrogen-bond donors (Lipinski definition) is 1. The standard InChI is InChI=1S/C25H24N2O6/c1-3-31-21-13-20(33-23(21)27-14-16(2)22(28)26-25(27)30)15-32-24(29)19-11-9-18(10-12-19)17-7-5-4-6-8-17/h3-12,14,20-21,23H,1,13,15H2,2H3,(H,26,28,30)/t20?,21-,23?/m1/s1. The van der Waals surface area contributed by atoms with Crippen LogP contribution in [0.1, 0.15) is 28.6 Å². The van der Waals surface area contributed by atoms with Gasteiger partial charge in [0.15, 0.2) is 6.23 Å². The first kappa shape index (κ1) is 22.3. The summed E-state index contributed by atoms with van der Waals surface area (Å²) in [5.74, 6) is -0.472. The molecule has 4 rings (SSSR count). The fraction of sp³-hybridized carbons (Fsp3) is 0.240. The van der Waals surface area contributed by atoms with E-state index in [-0.39, 0.29) is 6.61 Å². The zero-order valence-corrected chi connectivity index (χ0v) is 18.1. The number of carbonyl (C=O) groups is 1. The van der Waals surface area contributed by atoms with Gasteiger partial charge in [0.25, 0.3) is 5.56 Å². The lowest BCUT2D eigenvalue weighted by atomic mass is 10.0. The summed E-state index contributed by atoms with van der Waals surface area (Å²) < 4.78 is 18.2. The van der Waals surface area contributed by atoms with E-state index in [0.717, 1.165) is 11.1 Å². The van der Waals surface area contributed by atoms with Gasteiger partial charge in [-0.3, -0.25) is 14.3 Å². The molecule has 8 nitrogen and oxygen atoms in total. The average molecular weight is 448 g/mol. The lowest BCUT2D eigenvalue weighted by Crippen LogP contribution is -2.36. The van der Waals surface area contributed by atoms with E-state index in [2.05, 4.69) is 11.6 Å². The van der Waals surface area contributed by atoms with Crippen LogP contribution in [0.4, 0.5) is 0 Å². The maximum Gasteiger partial charge on any atom is 0.338 e. The van der Waals surface area contributed by atoms with Crippen molar-refractivity contribution in [2.45, 2.75) is 31.8 Å². The molecule has 1 aromatic heterocycles. The van der Waals surface area contributed by atoms with Crippen molar-refractivity contribution in [1.29, 1.82) is 0 Å². The van der Waals surface area contributed by atoms with Gasteiger partial charge < -0.3 is 14.2 Å². The van der Waals surface area contributed by atoms with Crippen LogP contribution in [0, 0.1) is 6.92 Å². The van der Waals surface area contributed by atoms with Gasteiger partial charge in [-0.25, -0.2) is 9.59 Å². The minimum Gasteiger partial charge on any atom is -0.494 e. The second kappa shape index (κ2) is 9.70. The van der Waals surface area contributed by atoms with E-state index in [1.807, 2.05) is 42.5 Å². The lowest BCUT2D eigenvalue weighted by Gasteiger charge is -2.20. The molecule has 1 fully saturated rings. The number of aromatic nitrogens is 2. The maximum atomic E-state index is 12.5. The van der Waals surface area contributed by atoms with Crippen molar-refractivity contribution >= 4 is 5.97 Å². The molecule has 0 aliphatic carbocycles. The summed E-state index contributed by atoms with van der Waals surface area (Å²) in [4.78, 5) is 38.7. The Hall–Kier alpha value is -3.91.